The van der Waals surface area contributed by atoms with E-state index >= 15 is 0 Å². The van der Waals surface area contributed by atoms with Gasteiger partial charge in [-0.25, -0.2) is 0 Å². The van der Waals surface area contributed by atoms with Crippen molar-refractivity contribution in [3.63, 3.8) is 0 Å². The summed E-state index contributed by atoms with van der Waals surface area (Å²) in [4.78, 5) is 0. The Kier molecular flexibility index (Phi) is 4.39. The number of benzene rings is 2. The lowest BCUT2D eigenvalue weighted by molar-refractivity contribution is 0.505. The van der Waals surface area contributed by atoms with E-state index in [4.69, 9.17) is 16.6 Å². The van der Waals surface area contributed by atoms with E-state index in [0.717, 1.165) is 28.8 Å². The van der Waals surface area contributed by atoms with Crippen LogP contribution in [0.3, 0.4) is 0 Å². The monoisotopic (exact) mass is 310 g/mol. The van der Waals surface area contributed by atoms with Gasteiger partial charge in [-0.1, -0.05) is 48.5 Å². The molecule has 0 saturated heterocycles. The zero-order valence-electron chi connectivity index (χ0n) is 12.4. The minimum absolute atomic E-state index is 0.111. The molecule has 4 heteroatoms. The van der Waals surface area contributed by atoms with Gasteiger partial charge in [0.25, 0.3) is 0 Å². The predicted molar refractivity (Wildman–Crippen MR) is 93.9 cm³/mol. The topological polar surface area (TPSA) is 37.2 Å². The van der Waals surface area contributed by atoms with Gasteiger partial charge in [-0.2, -0.15) is 0 Å². The summed E-state index contributed by atoms with van der Waals surface area (Å²) in [5.74, 6) is 0.854. The summed E-state index contributed by atoms with van der Waals surface area (Å²) in [6.07, 6.45) is 0. The molecular formula is C18H18N2OS. The summed E-state index contributed by atoms with van der Waals surface area (Å²) in [5.41, 5.74) is 2.00. The van der Waals surface area contributed by atoms with Crippen LogP contribution in [0, 0.1) is 0 Å². The van der Waals surface area contributed by atoms with Gasteiger partial charge < -0.3 is 15.1 Å². The van der Waals surface area contributed by atoms with Crippen LogP contribution >= 0.6 is 12.2 Å². The third-order valence-electron chi connectivity index (χ3n) is 3.47. The molecule has 0 saturated carbocycles. The molecule has 112 valence electrons. The lowest BCUT2D eigenvalue weighted by atomic mass is 10.0. The maximum absolute atomic E-state index is 6.01. The molecule has 1 aromatic heterocycles. The van der Waals surface area contributed by atoms with E-state index in [0.29, 0.717) is 5.11 Å². The third-order valence-corrected chi connectivity index (χ3v) is 3.74. The van der Waals surface area contributed by atoms with Crippen molar-refractivity contribution in [2.24, 2.45) is 0 Å². The van der Waals surface area contributed by atoms with Crippen molar-refractivity contribution in [1.29, 1.82) is 0 Å². The molecule has 0 fully saturated rings. The van der Waals surface area contributed by atoms with Gasteiger partial charge in [0.2, 0.25) is 0 Å². The minimum atomic E-state index is -0.111. The van der Waals surface area contributed by atoms with Crippen molar-refractivity contribution in [2.45, 2.75) is 13.0 Å². The average molecular weight is 310 g/mol. The van der Waals surface area contributed by atoms with Crippen molar-refractivity contribution in [3.05, 3.63) is 72.0 Å². The number of thiocarbonyl (C=S) groups is 1. The molecule has 2 aromatic carbocycles. The first-order valence-corrected chi connectivity index (χ1v) is 7.76. The molecule has 0 aliphatic rings. The lowest BCUT2D eigenvalue weighted by Crippen LogP contribution is -2.37. The van der Waals surface area contributed by atoms with E-state index in [1.807, 2.05) is 49.4 Å². The number of rotatable bonds is 4. The Hall–Kier alpha value is -2.33. The van der Waals surface area contributed by atoms with Gasteiger partial charge in [-0.3, -0.25) is 0 Å². The van der Waals surface area contributed by atoms with E-state index in [1.54, 1.807) is 0 Å². The van der Waals surface area contributed by atoms with Crippen LogP contribution in [-0.2, 0) is 0 Å². The number of fused-ring (bicyclic) bond motifs is 1. The van der Waals surface area contributed by atoms with Gasteiger partial charge in [0.1, 0.15) is 17.4 Å². The maximum Gasteiger partial charge on any atom is 0.167 e. The van der Waals surface area contributed by atoms with Crippen molar-refractivity contribution in [1.82, 2.24) is 10.6 Å². The first-order valence-electron chi connectivity index (χ1n) is 7.35. The molecule has 3 rings (SSSR count). The first-order chi connectivity index (χ1) is 10.8. The smallest absolute Gasteiger partial charge is 0.167 e. The van der Waals surface area contributed by atoms with Crippen LogP contribution in [0.25, 0.3) is 11.0 Å². The van der Waals surface area contributed by atoms with Crippen molar-refractivity contribution in [3.8, 4) is 0 Å². The number of nitrogens with one attached hydrogen (secondary N) is 2. The van der Waals surface area contributed by atoms with E-state index in [9.17, 15) is 0 Å². The van der Waals surface area contributed by atoms with Crippen molar-refractivity contribution < 1.29 is 4.42 Å². The Morgan fingerprint density at radius 2 is 1.82 bits per heavy atom. The van der Waals surface area contributed by atoms with Crippen molar-refractivity contribution >= 4 is 28.3 Å². The number of hydrogen-bond donors (Lipinski definition) is 2. The van der Waals surface area contributed by atoms with Crippen molar-refractivity contribution in [2.75, 3.05) is 6.54 Å². The fraction of sp³-hybridized carbons (Fsp3) is 0.167. The highest BCUT2D eigenvalue weighted by atomic mass is 32.1. The normalized spacial score (nSPS) is 12.0. The summed E-state index contributed by atoms with van der Waals surface area (Å²) in [7, 11) is 0. The van der Waals surface area contributed by atoms with Crippen LogP contribution in [0.15, 0.2) is 65.1 Å². The number of hydrogen-bond acceptors (Lipinski definition) is 2. The van der Waals surface area contributed by atoms with Crippen LogP contribution in [0.5, 0.6) is 0 Å². The highest BCUT2D eigenvalue weighted by Gasteiger charge is 2.19. The largest absolute Gasteiger partial charge is 0.459 e. The van der Waals surface area contributed by atoms with Gasteiger partial charge in [-0.05, 0) is 36.8 Å². The molecule has 0 amide bonds. The Morgan fingerprint density at radius 3 is 2.55 bits per heavy atom. The fourth-order valence-electron chi connectivity index (χ4n) is 2.45. The van der Waals surface area contributed by atoms with Gasteiger partial charge >= 0.3 is 0 Å². The molecule has 2 N–H and O–H groups in total. The highest BCUT2D eigenvalue weighted by Crippen LogP contribution is 2.28. The highest BCUT2D eigenvalue weighted by molar-refractivity contribution is 7.80. The minimum Gasteiger partial charge on any atom is -0.459 e. The van der Waals surface area contributed by atoms with E-state index < -0.39 is 0 Å². The summed E-state index contributed by atoms with van der Waals surface area (Å²) in [5, 5.41) is 8.18. The molecule has 22 heavy (non-hydrogen) atoms. The van der Waals surface area contributed by atoms with Crippen LogP contribution in [0.2, 0.25) is 0 Å². The molecule has 0 radical (unpaired) electrons. The van der Waals surface area contributed by atoms with Crippen LogP contribution in [0.4, 0.5) is 0 Å². The average Bonchev–Trinajstić information content (AvgIpc) is 2.97. The fourth-order valence-corrected chi connectivity index (χ4v) is 2.71. The van der Waals surface area contributed by atoms with Gasteiger partial charge in [0.15, 0.2) is 5.11 Å². The van der Waals surface area contributed by atoms with Crippen LogP contribution in [0.1, 0.15) is 24.3 Å². The number of para-hydroxylation sites is 1. The maximum atomic E-state index is 6.01. The van der Waals surface area contributed by atoms with Gasteiger partial charge in [0.05, 0.1) is 0 Å². The van der Waals surface area contributed by atoms with Crippen LogP contribution in [-0.4, -0.2) is 11.7 Å². The zero-order valence-corrected chi connectivity index (χ0v) is 13.2. The molecular weight excluding hydrogens is 292 g/mol. The Bertz CT molecular complexity index is 734. The van der Waals surface area contributed by atoms with E-state index in [1.165, 1.54) is 0 Å². The summed E-state index contributed by atoms with van der Waals surface area (Å²) >= 11 is 5.35. The molecule has 0 spiro atoms. The summed E-state index contributed by atoms with van der Waals surface area (Å²) in [6.45, 7) is 2.81. The Labute approximate surface area is 135 Å². The molecule has 1 heterocycles. The molecule has 3 aromatic rings. The second kappa shape index (κ2) is 6.62. The second-order valence-corrected chi connectivity index (χ2v) is 5.44. The van der Waals surface area contributed by atoms with E-state index in [-0.39, 0.29) is 6.04 Å². The standard InChI is InChI=1S/C18H18N2OS/c1-2-19-18(22)20-17(13-8-4-3-5-9-13)16-12-14-10-6-7-11-15(14)21-16/h3-12,17H,2H2,1H3,(H2,19,20,22)/t17-/m1/s1. The molecule has 0 bridgehead atoms. The van der Waals surface area contributed by atoms with Crippen LogP contribution < -0.4 is 10.6 Å². The molecule has 1 atom stereocenters. The Balaban J connectivity index is 1.98. The number of furan rings is 1. The predicted octanol–water partition coefficient (Wildman–Crippen LogP) is 4.01. The molecule has 0 unspecified atom stereocenters. The third kappa shape index (κ3) is 3.12. The van der Waals surface area contributed by atoms with Gasteiger partial charge in [0, 0.05) is 11.9 Å². The van der Waals surface area contributed by atoms with E-state index in [2.05, 4.69) is 28.8 Å². The zero-order chi connectivity index (χ0) is 15.4. The summed E-state index contributed by atoms with van der Waals surface area (Å²) in [6, 6.07) is 20.1. The first kappa shape index (κ1) is 14.6. The summed E-state index contributed by atoms with van der Waals surface area (Å²) < 4.78 is 6.01. The lowest BCUT2D eigenvalue weighted by Gasteiger charge is -2.19. The molecule has 0 aliphatic heterocycles. The SMILES string of the molecule is CCNC(=S)N[C@H](c1ccccc1)c1cc2ccccc2o1. The molecule has 3 nitrogen and oxygen atoms in total. The van der Waals surface area contributed by atoms with Gasteiger partial charge in [-0.15, -0.1) is 0 Å². The quantitative estimate of drug-likeness (QED) is 0.714. The Morgan fingerprint density at radius 1 is 1.09 bits per heavy atom. The second-order valence-electron chi connectivity index (χ2n) is 5.03. The molecule has 0 aliphatic carbocycles.